The molecule has 1 saturated heterocycles. The van der Waals surface area contributed by atoms with Gasteiger partial charge in [-0.25, -0.2) is 0 Å². The lowest BCUT2D eigenvalue weighted by molar-refractivity contribution is 0.0746. The van der Waals surface area contributed by atoms with Crippen molar-refractivity contribution >= 4 is 23.2 Å². The second-order valence-corrected chi connectivity index (χ2v) is 6.75. The monoisotopic (exact) mass is 374 g/mol. The summed E-state index contributed by atoms with van der Waals surface area (Å²) in [6, 6.07) is 11.2. The van der Waals surface area contributed by atoms with Gasteiger partial charge in [0.2, 0.25) is 0 Å². The number of methoxy groups -OCH3 is 2. The number of carbonyl (C=O) groups is 1. The topological polar surface area (TPSA) is 42.0 Å². The molecule has 0 N–H and O–H groups in total. The van der Waals surface area contributed by atoms with Crippen LogP contribution in [-0.2, 0) is 0 Å². The molecule has 2 aromatic rings. The third-order valence-corrected chi connectivity index (χ3v) is 4.91. The first kappa shape index (κ1) is 18.4. The normalized spacial score (nSPS) is 14.3. The third-order valence-electron chi connectivity index (χ3n) is 4.68. The maximum atomic E-state index is 12.9. The van der Waals surface area contributed by atoms with E-state index in [1.165, 1.54) is 5.56 Å². The van der Waals surface area contributed by atoms with Gasteiger partial charge in [-0.2, -0.15) is 0 Å². The predicted octanol–water partition coefficient (Wildman–Crippen LogP) is 3.63. The van der Waals surface area contributed by atoms with E-state index in [9.17, 15) is 4.79 Å². The van der Waals surface area contributed by atoms with E-state index >= 15 is 0 Å². The molecule has 0 radical (unpaired) electrons. The van der Waals surface area contributed by atoms with Crippen LogP contribution in [0.3, 0.4) is 0 Å². The molecule has 0 bridgehead atoms. The van der Waals surface area contributed by atoms with Crippen molar-refractivity contribution in [3.63, 3.8) is 0 Å². The maximum Gasteiger partial charge on any atom is 0.254 e. The average Bonchev–Trinajstić information content (AvgIpc) is 2.69. The number of hydrogen-bond donors (Lipinski definition) is 0. The zero-order valence-electron chi connectivity index (χ0n) is 15.3. The van der Waals surface area contributed by atoms with Gasteiger partial charge in [0.25, 0.3) is 5.91 Å². The fraction of sp³-hybridized carbons (Fsp3) is 0.350. The maximum absolute atomic E-state index is 12.9. The second-order valence-electron chi connectivity index (χ2n) is 6.31. The number of hydrogen-bond acceptors (Lipinski definition) is 4. The van der Waals surface area contributed by atoms with Gasteiger partial charge in [-0.3, -0.25) is 4.79 Å². The van der Waals surface area contributed by atoms with Crippen molar-refractivity contribution in [1.82, 2.24) is 4.90 Å². The van der Waals surface area contributed by atoms with Crippen LogP contribution in [0.5, 0.6) is 11.5 Å². The lowest BCUT2D eigenvalue weighted by Crippen LogP contribution is -2.49. The van der Waals surface area contributed by atoms with Gasteiger partial charge in [-0.05, 0) is 36.8 Å². The summed E-state index contributed by atoms with van der Waals surface area (Å²) in [6.07, 6.45) is 0. The van der Waals surface area contributed by atoms with Crippen LogP contribution in [0.15, 0.2) is 36.4 Å². The van der Waals surface area contributed by atoms with E-state index in [2.05, 4.69) is 11.8 Å². The number of benzene rings is 2. The highest BCUT2D eigenvalue weighted by molar-refractivity contribution is 6.30. The number of nitrogens with zero attached hydrogens (tertiary/aromatic N) is 2. The molecule has 1 amide bonds. The largest absolute Gasteiger partial charge is 0.497 e. The minimum Gasteiger partial charge on any atom is -0.497 e. The first-order valence-electron chi connectivity index (χ1n) is 8.55. The Bertz CT molecular complexity index is 779. The molecule has 0 spiro atoms. The quantitative estimate of drug-likeness (QED) is 0.819. The van der Waals surface area contributed by atoms with Gasteiger partial charge < -0.3 is 19.3 Å². The van der Waals surface area contributed by atoms with E-state index in [4.69, 9.17) is 21.1 Å². The second kappa shape index (κ2) is 7.87. The lowest BCUT2D eigenvalue weighted by Gasteiger charge is -2.37. The predicted molar refractivity (Wildman–Crippen MR) is 104 cm³/mol. The van der Waals surface area contributed by atoms with E-state index in [1.54, 1.807) is 32.4 Å². The van der Waals surface area contributed by atoms with Crippen molar-refractivity contribution < 1.29 is 14.3 Å². The standard InChI is InChI=1S/C20H23ClN2O3/c1-14-4-5-16(21)12-19(14)22-6-8-23(9-7-22)20(24)15-10-17(25-2)13-18(11-15)26-3/h4-5,10-13H,6-9H2,1-3H3. The molecular weight excluding hydrogens is 352 g/mol. The minimum absolute atomic E-state index is 0.00957. The van der Waals surface area contributed by atoms with Crippen LogP contribution in [0, 0.1) is 6.92 Å². The Kier molecular flexibility index (Phi) is 5.57. The van der Waals surface area contributed by atoms with Crippen LogP contribution < -0.4 is 14.4 Å². The van der Waals surface area contributed by atoms with Gasteiger partial charge in [-0.1, -0.05) is 17.7 Å². The first-order valence-corrected chi connectivity index (χ1v) is 8.93. The van der Waals surface area contributed by atoms with Gasteiger partial charge >= 0.3 is 0 Å². The first-order chi connectivity index (χ1) is 12.5. The Labute approximate surface area is 159 Å². The van der Waals surface area contributed by atoms with E-state index in [1.807, 2.05) is 23.1 Å². The van der Waals surface area contributed by atoms with E-state index < -0.39 is 0 Å². The molecule has 1 fully saturated rings. The number of piperazine rings is 1. The summed E-state index contributed by atoms with van der Waals surface area (Å²) in [7, 11) is 3.16. The molecule has 1 aliphatic rings. The molecule has 2 aromatic carbocycles. The van der Waals surface area contributed by atoms with Crippen molar-refractivity contribution in [3.05, 3.63) is 52.5 Å². The molecule has 26 heavy (non-hydrogen) atoms. The Morgan fingerprint density at radius 3 is 2.15 bits per heavy atom. The van der Waals surface area contributed by atoms with Crippen LogP contribution in [-0.4, -0.2) is 51.2 Å². The smallest absolute Gasteiger partial charge is 0.254 e. The number of anilines is 1. The summed E-state index contributed by atoms with van der Waals surface area (Å²) in [5.41, 5.74) is 2.90. The third kappa shape index (κ3) is 3.88. The molecule has 138 valence electrons. The van der Waals surface area contributed by atoms with Crippen molar-refractivity contribution in [2.75, 3.05) is 45.3 Å². The Hall–Kier alpha value is -2.40. The highest BCUT2D eigenvalue weighted by atomic mass is 35.5. The molecule has 0 atom stereocenters. The van der Waals surface area contributed by atoms with Crippen molar-refractivity contribution in [3.8, 4) is 11.5 Å². The summed E-state index contributed by atoms with van der Waals surface area (Å²) in [5.74, 6) is 1.21. The summed E-state index contributed by atoms with van der Waals surface area (Å²) in [5, 5.41) is 0.729. The van der Waals surface area contributed by atoms with Crippen LogP contribution in [0.25, 0.3) is 0 Å². The van der Waals surface area contributed by atoms with Crippen LogP contribution in [0.4, 0.5) is 5.69 Å². The fourth-order valence-electron chi connectivity index (χ4n) is 3.19. The van der Waals surface area contributed by atoms with E-state index in [0.717, 1.165) is 23.8 Å². The Balaban J connectivity index is 1.72. The van der Waals surface area contributed by atoms with Gasteiger partial charge in [0.1, 0.15) is 11.5 Å². The highest BCUT2D eigenvalue weighted by Crippen LogP contribution is 2.27. The molecule has 0 aliphatic carbocycles. The number of aryl methyl sites for hydroxylation is 1. The number of halogens is 1. The van der Waals surface area contributed by atoms with Gasteiger partial charge in [0.15, 0.2) is 0 Å². The van der Waals surface area contributed by atoms with Crippen molar-refractivity contribution in [2.45, 2.75) is 6.92 Å². The van der Waals surface area contributed by atoms with Crippen LogP contribution in [0.2, 0.25) is 5.02 Å². The van der Waals surface area contributed by atoms with E-state index in [-0.39, 0.29) is 5.91 Å². The zero-order chi connectivity index (χ0) is 18.7. The Morgan fingerprint density at radius 2 is 1.58 bits per heavy atom. The Morgan fingerprint density at radius 1 is 0.962 bits per heavy atom. The fourth-order valence-corrected chi connectivity index (χ4v) is 3.35. The SMILES string of the molecule is COc1cc(OC)cc(C(=O)N2CCN(c3cc(Cl)ccc3C)CC2)c1. The van der Waals surface area contributed by atoms with Crippen LogP contribution in [0.1, 0.15) is 15.9 Å². The molecule has 0 aromatic heterocycles. The molecule has 1 heterocycles. The lowest BCUT2D eigenvalue weighted by atomic mass is 10.1. The minimum atomic E-state index is -0.00957. The molecule has 0 unspecified atom stereocenters. The van der Waals surface area contributed by atoms with Gasteiger partial charge in [0.05, 0.1) is 14.2 Å². The average molecular weight is 375 g/mol. The number of ether oxygens (including phenoxy) is 2. The van der Waals surface area contributed by atoms with Gasteiger partial charge in [0, 0.05) is 48.5 Å². The van der Waals surface area contributed by atoms with Gasteiger partial charge in [-0.15, -0.1) is 0 Å². The summed E-state index contributed by atoms with van der Waals surface area (Å²) < 4.78 is 10.5. The number of carbonyl (C=O) groups excluding carboxylic acids is 1. The molecule has 1 aliphatic heterocycles. The molecule has 3 rings (SSSR count). The molecule has 0 saturated carbocycles. The van der Waals surface area contributed by atoms with Crippen LogP contribution >= 0.6 is 11.6 Å². The summed E-state index contributed by atoms with van der Waals surface area (Å²) in [6.45, 7) is 4.93. The number of amides is 1. The molecule has 6 heteroatoms. The number of rotatable bonds is 4. The summed E-state index contributed by atoms with van der Waals surface area (Å²) >= 11 is 6.14. The summed E-state index contributed by atoms with van der Waals surface area (Å²) in [4.78, 5) is 17.0. The zero-order valence-corrected chi connectivity index (χ0v) is 16.0. The molecule has 5 nitrogen and oxygen atoms in total. The van der Waals surface area contributed by atoms with Crippen molar-refractivity contribution in [1.29, 1.82) is 0 Å². The van der Waals surface area contributed by atoms with E-state index in [0.29, 0.717) is 30.2 Å². The highest BCUT2D eigenvalue weighted by Gasteiger charge is 2.24. The molecular formula is C20H23ClN2O3. The van der Waals surface area contributed by atoms with Crippen molar-refractivity contribution in [2.24, 2.45) is 0 Å².